The Bertz CT molecular complexity index is 903. The first-order chi connectivity index (χ1) is 13.7. The summed E-state index contributed by atoms with van der Waals surface area (Å²) in [6.45, 7) is -1.48. The Balaban J connectivity index is 2.47. The molecule has 0 bridgehead atoms. The molecule has 1 aliphatic rings. The number of rotatable bonds is 5. The number of carbonyl (C=O) groups excluding carboxylic acids is 3. The third kappa shape index (κ3) is 5.47. The van der Waals surface area contributed by atoms with E-state index in [-0.39, 0.29) is 22.5 Å². The number of hydrogen-bond acceptors (Lipinski definition) is 6. The molecule has 1 heterocycles. The molecule has 1 amide bonds. The Morgan fingerprint density at radius 1 is 1.07 bits per heavy atom. The second-order valence-electron chi connectivity index (χ2n) is 5.66. The van der Waals surface area contributed by atoms with E-state index in [1.165, 1.54) is 53.6 Å². The predicted molar refractivity (Wildman–Crippen MR) is 96.6 cm³/mol. The fourth-order valence-electron chi connectivity index (χ4n) is 2.45. The van der Waals surface area contributed by atoms with Crippen molar-refractivity contribution in [2.75, 3.05) is 25.7 Å². The molecule has 0 spiro atoms. The van der Waals surface area contributed by atoms with Crippen molar-refractivity contribution in [2.24, 2.45) is 0 Å². The van der Waals surface area contributed by atoms with Crippen molar-refractivity contribution in [3.63, 3.8) is 0 Å². The monoisotopic (exact) mass is 410 g/mol. The number of hydrogen-bond donors (Lipinski definition) is 1. The third-order valence-corrected chi connectivity index (χ3v) is 3.73. The molecular weight excluding hydrogens is 393 g/mol. The topological polar surface area (TPSA) is 84.9 Å². The van der Waals surface area contributed by atoms with Crippen molar-refractivity contribution in [1.82, 2.24) is 5.32 Å². The number of halogens is 3. The number of nitrogens with zero attached hydrogens (tertiary/aromatic N) is 1. The molecule has 0 aliphatic carbocycles. The summed E-state index contributed by atoms with van der Waals surface area (Å²) < 4.78 is 46.5. The lowest BCUT2D eigenvalue weighted by Crippen LogP contribution is -2.33. The lowest BCUT2D eigenvalue weighted by molar-refractivity contribution is -0.139. The maximum atomic E-state index is 12.4. The van der Waals surface area contributed by atoms with Gasteiger partial charge in [0.05, 0.1) is 19.8 Å². The normalized spacial score (nSPS) is 13.8. The number of alkyl halides is 3. The summed E-state index contributed by atoms with van der Waals surface area (Å²) in [5.74, 6) is -2.60. The largest absolute Gasteiger partial charge is 0.465 e. The number of benzene rings is 1. The first-order valence-electron chi connectivity index (χ1n) is 8.18. The SMILES string of the molecule is COC(=O)C1=C(C(=O)OC)N(c2cccc(C(=O)NCC(F)(F)F)c2)C=CC=C1. The van der Waals surface area contributed by atoms with E-state index in [2.05, 4.69) is 0 Å². The van der Waals surface area contributed by atoms with Gasteiger partial charge in [0.2, 0.25) is 0 Å². The highest BCUT2D eigenvalue weighted by Crippen LogP contribution is 2.27. The first-order valence-corrected chi connectivity index (χ1v) is 8.18. The van der Waals surface area contributed by atoms with E-state index in [0.29, 0.717) is 0 Å². The molecule has 1 aliphatic heterocycles. The minimum atomic E-state index is -4.55. The van der Waals surface area contributed by atoms with Crippen LogP contribution in [0.1, 0.15) is 10.4 Å². The zero-order chi connectivity index (χ0) is 21.6. The quantitative estimate of drug-likeness (QED) is 0.751. The minimum absolute atomic E-state index is 0.0683. The highest BCUT2D eigenvalue weighted by atomic mass is 19.4. The molecule has 0 saturated heterocycles. The molecule has 0 atom stereocenters. The average molecular weight is 410 g/mol. The van der Waals surface area contributed by atoms with Crippen LogP contribution < -0.4 is 10.2 Å². The van der Waals surface area contributed by atoms with E-state index >= 15 is 0 Å². The number of amides is 1. The number of carbonyl (C=O) groups is 3. The molecule has 29 heavy (non-hydrogen) atoms. The van der Waals surface area contributed by atoms with Gasteiger partial charge in [0.25, 0.3) is 5.91 Å². The maximum absolute atomic E-state index is 12.4. The van der Waals surface area contributed by atoms with Gasteiger partial charge in [-0.3, -0.25) is 4.79 Å². The predicted octanol–water partition coefficient (Wildman–Crippen LogP) is 2.47. The summed E-state index contributed by atoms with van der Waals surface area (Å²) in [6, 6.07) is 5.53. The van der Waals surface area contributed by atoms with Gasteiger partial charge in [0.15, 0.2) is 0 Å². The molecule has 154 valence electrons. The third-order valence-electron chi connectivity index (χ3n) is 3.73. The number of ether oxygens (including phenoxy) is 2. The molecule has 0 radical (unpaired) electrons. The smallest absolute Gasteiger partial charge is 0.405 e. The first kappa shape index (κ1) is 21.7. The molecule has 0 saturated carbocycles. The Labute approximate surface area is 164 Å². The number of methoxy groups -OCH3 is 2. The van der Waals surface area contributed by atoms with E-state index in [4.69, 9.17) is 9.47 Å². The Morgan fingerprint density at radius 3 is 2.38 bits per heavy atom. The molecule has 0 unspecified atom stereocenters. The van der Waals surface area contributed by atoms with Gasteiger partial charge in [0.1, 0.15) is 12.2 Å². The number of nitrogens with one attached hydrogen (secondary N) is 1. The van der Waals surface area contributed by atoms with Crippen LogP contribution in [0, 0.1) is 0 Å². The number of esters is 2. The van der Waals surface area contributed by atoms with Crippen LogP contribution in [0.15, 0.2) is 60.0 Å². The second-order valence-corrected chi connectivity index (χ2v) is 5.66. The average Bonchev–Trinajstić information content (AvgIpc) is 2.93. The molecular formula is C19H17F3N2O5. The number of allylic oxidation sites excluding steroid dienone is 2. The van der Waals surface area contributed by atoms with Gasteiger partial charge in [-0.05, 0) is 30.4 Å². The Morgan fingerprint density at radius 2 is 1.76 bits per heavy atom. The van der Waals surface area contributed by atoms with E-state index in [1.54, 1.807) is 5.32 Å². The molecule has 0 aromatic heterocycles. The van der Waals surface area contributed by atoms with Gasteiger partial charge < -0.3 is 19.7 Å². The summed E-state index contributed by atoms with van der Waals surface area (Å²) >= 11 is 0. The van der Waals surface area contributed by atoms with Gasteiger partial charge in [-0.2, -0.15) is 13.2 Å². The Hall–Kier alpha value is -3.56. The van der Waals surface area contributed by atoms with Crippen LogP contribution in [0.3, 0.4) is 0 Å². The molecule has 1 aromatic rings. The summed E-state index contributed by atoms with van der Waals surface area (Å²) in [7, 11) is 2.27. The maximum Gasteiger partial charge on any atom is 0.405 e. The molecule has 0 fully saturated rings. The zero-order valence-corrected chi connectivity index (χ0v) is 15.4. The molecule has 1 aromatic carbocycles. The van der Waals surface area contributed by atoms with Crippen LogP contribution in [-0.4, -0.2) is 44.8 Å². The summed E-state index contributed by atoms with van der Waals surface area (Å²) in [4.78, 5) is 37.8. The van der Waals surface area contributed by atoms with E-state index in [1.807, 2.05) is 0 Å². The lowest BCUT2D eigenvalue weighted by atomic mass is 10.1. The van der Waals surface area contributed by atoms with Gasteiger partial charge in [-0.1, -0.05) is 12.1 Å². The van der Waals surface area contributed by atoms with E-state index in [0.717, 1.165) is 14.2 Å². The van der Waals surface area contributed by atoms with E-state index in [9.17, 15) is 27.6 Å². The van der Waals surface area contributed by atoms with Crippen LogP contribution in [-0.2, 0) is 19.1 Å². The molecule has 1 N–H and O–H groups in total. The molecule has 2 rings (SSSR count). The van der Waals surface area contributed by atoms with Crippen molar-refractivity contribution in [3.8, 4) is 0 Å². The van der Waals surface area contributed by atoms with Crippen LogP contribution in [0.5, 0.6) is 0 Å². The summed E-state index contributed by atoms with van der Waals surface area (Å²) in [5, 5.41) is 1.77. The van der Waals surface area contributed by atoms with Gasteiger partial charge in [-0.15, -0.1) is 0 Å². The van der Waals surface area contributed by atoms with Crippen molar-refractivity contribution in [1.29, 1.82) is 0 Å². The molecule has 7 nitrogen and oxygen atoms in total. The van der Waals surface area contributed by atoms with E-state index < -0.39 is 30.6 Å². The van der Waals surface area contributed by atoms with Crippen molar-refractivity contribution < 1.29 is 37.0 Å². The second kappa shape index (κ2) is 9.09. The summed E-state index contributed by atoms with van der Waals surface area (Å²) in [6.07, 6.45) is 1.26. The lowest BCUT2D eigenvalue weighted by Gasteiger charge is -2.23. The van der Waals surface area contributed by atoms with Crippen molar-refractivity contribution in [3.05, 3.63) is 65.5 Å². The Kier molecular flexibility index (Phi) is 6.81. The number of anilines is 1. The molecule has 10 heteroatoms. The van der Waals surface area contributed by atoms with Crippen LogP contribution in [0.4, 0.5) is 18.9 Å². The van der Waals surface area contributed by atoms with Gasteiger partial charge >= 0.3 is 18.1 Å². The van der Waals surface area contributed by atoms with Crippen LogP contribution in [0.25, 0.3) is 0 Å². The van der Waals surface area contributed by atoms with Gasteiger partial charge in [-0.25, -0.2) is 9.59 Å². The zero-order valence-electron chi connectivity index (χ0n) is 15.4. The highest BCUT2D eigenvalue weighted by molar-refractivity contribution is 6.05. The fraction of sp³-hybridized carbons (Fsp3) is 0.211. The van der Waals surface area contributed by atoms with Crippen molar-refractivity contribution in [2.45, 2.75) is 6.18 Å². The van der Waals surface area contributed by atoms with Crippen LogP contribution in [0.2, 0.25) is 0 Å². The highest BCUT2D eigenvalue weighted by Gasteiger charge is 2.29. The van der Waals surface area contributed by atoms with Gasteiger partial charge in [0, 0.05) is 17.5 Å². The van der Waals surface area contributed by atoms with Crippen LogP contribution >= 0.6 is 0 Å². The summed E-state index contributed by atoms with van der Waals surface area (Å²) in [5.41, 5.74) is -0.110. The minimum Gasteiger partial charge on any atom is -0.465 e. The standard InChI is InChI=1S/C19H17F3N2O5/c1-28-17(26)14-8-3-4-9-24(15(14)18(27)29-2)13-7-5-6-12(10-13)16(25)23-11-19(20,21)22/h3-10H,11H2,1-2H3,(H,23,25). The fourth-order valence-corrected chi connectivity index (χ4v) is 2.45. The van der Waals surface area contributed by atoms with Crippen molar-refractivity contribution >= 4 is 23.5 Å².